The summed E-state index contributed by atoms with van der Waals surface area (Å²) in [5.74, 6) is 0.693. The van der Waals surface area contributed by atoms with Gasteiger partial charge in [-0.2, -0.15) is 5.10 Å². The molecule has 8 heteroatoms. The fourth-order valence-corrected chi connectivity index (χ4v) is 4.81. The van der Waals surface area contributed by atoms with Crippen molar-refractivity contribution in [1.82, 2.24) is 24.6 Å². The van der Waals surface area contributed by atoms with E-state index < -0.39 is 0 Å². The molecule has 2 saturated heterocycles. The van der Waals surface area contributed by atoms with Crippen molar-refractivity contribution in [3.8, 4) is 5.82 Å². The zero-order chi connectivity index (χ0) is 23.4. The van der Waals surface area contributed by atoms with Gasteiger partial charge in [0.1, 0.15) is 6.61 Å². The minimum atomic E-state index is -0.387. The lowest BCUT2D eigenvalue weighted by Gasteiger charge is -2.42. The zero-order valence-corrected chi connectivity index (χ0v) is 19.2. The third kappa shape index (κ3) is 4.87. The van der Waals surface area contributed by atoms with Gasteiger partial charge in [0, 0.05) is 44.8 Å². The van der Waals surface area contributed by atoms with Crippen molar-refractivity contribution in [2.24, 2.45) is 0 Å². The SMILES string of the molecule is O=C1COC2(CCCN(C(=O)c3ccc(-n4cccn4)nc3)CC2)CN1CCc1ccccc1. The molecule has 0 aliphatic carbocycles. The molecule has 1 atom stereocenters. The number of hydrogen-bond donors (Lipinski definition) is 0. The Balaban J connectivity index is 1.21. The highest BCUT2D eigenvalue weighted by molar-refractivity contribution is 5.94. The zero-order valence-electron chi connectivity index (χ0n) is 19.2. The molecular formula is C26H29N5O3. The van der Waals surface area contributed by atoms with E-state index in [-0.39, 0.29) is 24.0 Å². The quantitative estimate of drug-likeness (QED) is 0.586. The van der Waals surface area contributed by atoms with Gasteiger partial charge in [0.2, 0.25) is 5.91 Å². The maximum atomic E-state index is 13.2. The van der Waals surface area contributed by atoms with E-state index in [1.165, 1.54) is 5.56 Å². The molecule has 8 nitrogen and oxygen atoms in total. The Bertz CT molecular complexity index is 1120. The Morgan fingerprint density at radius 2 is 1.94 bits per heavy atom. The Labute approximate surface area is 199 Å². The number of likely N-dealkylation sites (tertiary alicyclic amines) is 1. The summed E-state index contributed by atoms with van der Waals surface area (Å²) in [7, 11) is 0. The van der Waals surface area contributed by atoms with E-state index >= 15 is 0 Å². The van der Waals surface area contributed by atoms with E-state index in [9.17, 15) is 9.59 Å². The maximum absolute atomic E-state index is 13.2. The molecule has 2 aliphatic rings. The number of ether oxygens (including phenoxy) is 1. The fraction of sp³-hybridized carbons (Fsp3) is 0.385. The highest BCUT2D eigenvalue weighted by atomic mass is 16.5. The first-order valence-electron chi connectivity index (χ1n) is 11.8. The Morgan fingerprint density at radius 3 is 2.71 bits per heavy atom. The molecule has 0 N–H and O–H groups in total. The monoisotopic (exact) mass is 459 g/mol. The van der Waals surface area contributed by atoms with Crippen LogP contribution in [0.3, 0.4) is 0 Å². The second-order valence-electron chi connectivity index (χ2n) is 9.02. The number of nitrogens with zero attached hydrogens (tertiary/aromatic N) is 5. The van der Waals surface area contributed by atoms with Crippen molar-refractivity contribution in [3.05, 3.63) is 78.2 Å². The smallest absolute Gasteiger partial charge is 0.255 e. The molecule has 4 heterocycles. The average Bonchev–Trinajstić information content (AvgIpc) is 3.34. The molecule has 0 saturated carbocycles. The summed E-state index contributed by atoms with van der Waals surface area (Å²) in [4.78, 5) is 33.9. The lowest BCUT2D eigenvalue weighted by molar-refractivity contribution is -0.165. The van der Waals surface area contributed by atoms with Gasteiger partial charge in [-0.15, -0.1) is 0 Å². The Morgan fingerprint density at radius 1 is 1.06 bits per heavy atom. The number of amides is 2. The maximum Gasteiger partial charge on any atom is 0.255 e. The average molecular weight is 460 g/mol. The molecule has 0 bridgehead atoms. The highest BCUT2D eigenvalue weighted by Crippen LogP contribution is 2.31. The van der Waals surface area contributed by atoms with Crippen molar-refractivity contribution >= 4 is 11.8 Å². The van der Waals surface area contributed by atoms with Crippen molar-refractivity contribution in [1.29, 1.82) is 0 Å². The number of benzene rings is 1. The molecule has 1 aromatic carbocycles. The fourth-order valence-electron chi connectivity index (χ4n) is 4.81. The van der Waals surface area contributed by atoms with Gasteiger partial charge >= 0.3 is 0 Å². The molecule has 1 unspecified atom stereocenters. The van der Waals surface area contributed by atoms with Crippen molar-refractivity contribution < 1.29 is 14.3 Å². The molecular weight excluding hydrogens is 430 g/mol. The number of carbonyl (C=O) groups is 2. The van der Waals surface area contributed by atoms with Gasteiger partial charge in [0.25, 0.3) is 5.91 Å². The van der Waals surface area contributed by atoms with Crippen LogP contribution in [0.1, 0.15) is 35.2 Å². The predicted molar refractivity (Wildman–Crippen MR) is 127 cm³/mol. The van der Waals surface area contributed by atoms with E-state index in [0.717, 1.165) is 19.3 Å². The van der Waals surface area contributed by atoms with Crippen LogP contribution in [0.2, 0.25) is 0 Å². The van der Waals surface area contributed by atoms with Crippen molar-refractivity contribution in [2.45, 2.75) is 31.3 Å². The minimum absolute atomic E-state index is 0.0237. The van der Waals surface area contributed by atoms with Crippen LogP contribution in [-0.4, -0.2) is 74.8 Å². The summed E-state index contributed by atoms with van der Waals surface area (Å²) >= 11 is 0. The van der Waals surface area contributed by atoms with E-state index in [2.05, 4.69) is 22.2 Å². The van der Waals surface area contributed by atoms with Gasteiger partial charge in [0.15, 0.2) is 5.82 Å². The third-order valence-electron chi connectivity index (χ3n) is 6.77. The second-order valence-corrected chi connectivity index (χ2v) is 9.02. The molecule has 34 heavy (non-hydrogen) atoms. The topological polar surface area (TPSA) is 80.6 Å². The summed E-state index contributed by atoms with van der Waals surface area (Å²) < 4.78 is 7.78. The Hall–Kier alpha value is -3.52. The number of aromatic nitrogens is 3. The van der Waals surface area contributed by atoms with Gasteiger partial charge in [0.05, 0.1) is 11.2 Å². The number of hydrogen-bond acceptors (Lipinski definition) is 5. The number of pyridine rings is 1. The molecule has 176 valence electrons. The minimum Gasteiger partial charge on any atom is -0.363 e. The predicted octanol–water partition coefficient (Wildman–Crippen LogP) is 2.73. The summed E-state index contributed by atoms with van der Waals surface area (Å²) in [6.07, 6.45) is 8.34. The van der Waals surface area contributed by atoms with Crippen LogP contribution in [0.4, 0.5) is 0 Å². The van der Waals surface area contributed by atoms with Crippen LogP contribution in [0.25, 0.3) is 5.82 Å². The van der Waals surface area contributed by atoms with Crippen LogP contribution >= 0.6 is 0 Å². The largest absolute Gasteiger partial charge is 0.363 e. The van der Waals surface area contributed by atoms with Gasteiger partial charge in [-0.1, -0.05) is 30.3 Å². The summed E-state index contributed by atoms with van der Waals surface area (Å²) in [5.41, 5.74) is 1.40. The molecule has 2 aromatic heterocycles. The lowest BCUT2D eigenvalue weighted by atomic mass is 9.92. The highest BCUT2D eigenvalue weighted by Gasteiger charge is 2.41. The van der Waals surface area contributed by atoms with Crippen molar-refractivity contribution in [3.63, 3.8) is 0 Å². The van der Waals surface area contributed by atoms with E-state index in [1.807, 2.05) is 40.3 Å². The lowest BCUT2D eigenvalue weighted by Crippen LogP contribution is -2.55. The van der Waals surface area contributed by atoms with E-state index in [4.69, 9.17) is 4.74 Å². The molecule has 2 aliphatic heterocycles. The number of rotatable bonds is 5. The summed E-state index contributed by atoms with van der Waals surface area (Å²) in [5, 5.41) is 4.17. The van der Waals surface area contributed by atoms with Crippen molar-refractivity contribution in [2.75, 3.05) is 32.8 Å². The van der Waals surface area contributed by atoms with Gasteiger partial charge in [-0.3, -0.25) is 9.59 Å². The third-order valence-corrected chi connectivity index (χ3v) is 6.77. The van der Waals surface area contributed by atoms with Crippen LogP contribution < -0.4 is 0 Å². The second kappa shape index (κ2) is 9.77. The van der Waals surface area contributed by atoms with Gasteiger partial charge in [-0.05, 0) is 49.4 Å². The number of carbonyl (C=O) groups excluding carboxylic acids is 2. The molecule has 2 fully saturated rings. The van der Waals surface area contributed by atoms with Crippen LogP contribution in [0.15, 0.2) is 67.1 Å². The molecule has 5 rings (SSSR count). The number of morpholine rings is 1. The molecule has 1 spiro atoms. The van der Waals surface area contributed by atoms with Gasteiger partial charge < -0.3 is 14.5 Å². The molecule has 0 radical (unpaired) electrons. The molecule has 2 amide bonds. The first kappa shape index (κ1) is 22.3. The normalized spacial score (nSPS) is 21.0. The first-order chi connectivity index (χ1) is 16.6. The van der Waals surface area contributed by atoms with Gasteiger partial charge in [-0.25, -0.2) is 9.67 Å². The first-order valence-corrected chi connectivity index (χ1v) is 11.8. The summed E-state index contributed by atoms with van der Waals surface area (Å²) in [6, 6.07) is 15.7. The van der Waals surface area contributed by atoms with Crippen LogP contribution in [0, 0.1) is 0 Å². The summed E-state index contributed by atoms with van der Waals surface area (Å²) in [6.45, 7) is 2.65. The molecule has 3 aromatic rings. The standard InChI is InChI=1S/C26H29N5O3/c32-24-19-34-26(20-30(24)16-10-21-6-2-1-3-7-21)11-4-14-29(17-12-26)25(33)22-8-9-23(27-18-22)31-15-5-13-28-31/h1-3,5-9,13,15,18H,4,10-12,14,16-17,19-20H2. The van der Waals surface area contributed by atoms with E-state index in [1.54, 1.807) is 29.2 Å². The van der Waals surface area contributed by atoms with Crippen LogP contribution in [0.5, 0.6) is 0 Å². The van der Waals surface area contributed by atoms with E-state index in [0.29, 0.717) is 44.0 Å². The van der Waals surface area contributed by atoms with Crippen LogP contribution in [-0.2, 0) is 16.0 Å². The Kier molecular flexibility index (Phi) is 6.40.